The molecule has 2 rings (SSSR count). The standard InChI is InChI=1S/C14H15ClOS/c1-8-4-5-11(12(15)6-8)13(16)14-9(2)7-10(3)17-14/h4-7,13,16H,1-3H3. The van der Waals surface area contributed by atoms with Crippen molar-refractivity contribution in [3.8, 4) is 0 Å². The molecule has 3 heteroatoms. The van der Waals surface area contributed by atoms with E-state index in [1.807, 2.05) is 39.0 Å². The fraction of sp³-hybridized carbons (Fsp3) is 0.286. The zero-order valence-electron chi connectivity index (χ0n) is 10.1. The minimum Gasteiger partial charge on any atom is -0.383 e. The van der Waals surface area contributed by atoms with Gasteiger partial charge in [0.15, 0.2) is 0 Å². The second-order valence-electron chi connectivity index (χ2n) is 4.33. The first-order valence-electron chi connectivity index (χ1n) is 5.50. The fourth-order valence-electron chi connectivity index (χ4n) is 1.93. The number of benzene rings is 1. The first-order valence-corrected chi connectivity index (χ1v) is 6.69. The van der Waals surface area contributed by atoms with E-state index in [0.29, 0.717) is 5.02 Å². The highest BCUT2D eigenvalue weighted by atomic mass is 35.5. The molecule has 2 aromatic rings. The topological polar surface area (TPSA) is 20.2 Å². The number of halogens is 1. The summed E-state index contributed by atoms with van der Waals surface area (Å²) in [5, 5.41) is 11.0. The molecule has 90 valence electrons. The molecule has 0 bridgehead atoms. The lowest BCUT2D eigenvalue weighted by molar-refractivity contribution is 0.223. The quantitative estimate of drug-likeness (QED) is 0.854. The van der Waals surface area contributed by atoms with Crippen LogP contribution in [0.5, 0.6) is 0 Å². The number of hydrogen-bond acceptors (Lipinski definition) is 2. The normalized spacial score (nSPS) is 12.8. The minimum atomic E-state index is -0.623. The van der Waals surface area contributed by atoms with Gasteiger partial charge in [-0.15, -0.1) is 11.3 Å². The van der Waals surface area contributed by atoms with Crippen LogP contribution in [-0.4, -0.2) is 5.11 Å². The molecule has 0 aliphatic carbocycles. The first-order chi connectivity index (χ1) is 7.99. The number of aryl methyl sites for hydroxylation is 3. The Morgan fingerprint density at radius 3 is 2.41 bits per heavy atom. The molecule has 17 heavy (non-hydrogen) atoms. The van der Waals surface area contributed by atoms with Gasteiger partial charge in [-0.05, 0) is 44.0 Å². The van der Waals surface area contributed by atoms with Gasteiger partial charge < -0.3 is 5.11 Å². The molecule has 1 heterocycles. The monoisotopic (exact) mass is 266 g/mol. The van der Waals surface area contributed by atoms with Gasteiger partial charge in [-0.25, -0.2) is 0 Å². The van der Waals surface area contributed by atoms with Crippen LogP contribution in [0.15, 0.2) is 24.3 Å². The van der Waals surface area contributed by atoms with E-state index in [1.54, 1.807) is 11.3 Å². The third-order valence-corrected chi connectivity index (χ3v) is 4.31. The van der Waals surface area contributed by atoms with Crippen molar-refractivity contribution in [1.82, 2.24) is 0 Å². The van der Waals surface area contributed by atoms with Crippen molar-refractivity contribution in [3.63, 3.8) is 0 Å². The smallest absolute Gasteiger partial charge is 0.115 e. The molecule has 0 aliphatic rings. The molecule has 0 amide bonds. The van der Waals surface area contributed by atoms with E-state index >= 15 is 0 Å². The van der Waals surface area contributed by atoms with Gasteiger partial charge in [-0.2, -0.15) is 0 Å². The maximum absolute atomic E-state index is 10.4. The molecular formula is C14H15ClOS. The summed E-state index contributed by atoms with van der Waals surface area (Å²) in [5.41, 5.74) is 3.00. The Hall–Kier alpha value is -0.830. The lowest BCUT2D eigenvalue weighted by Crippen LogP contribution is -1.99. The molecule has 1 nitrogen and oxygen atoms in total. The van der Waals surface area contributed by atoms with Crippen LogP contribution in [0.4, 0.5) is 0 Å². The zero-order valence-corrected chi connectivity index (χ0v) is 11.7. The van der Waals surface area contributed by atoms with Crippen molar-refractivity contribution in [3.05, 3.63) is 55.7 Å². The Balaban J connectivity index is 2.43. The van der Waals surface area contributed by atoms with Crippen LogP contribution in [0, 0.1) is 20.8 Å². The summed E-state index contributed by atoms with van der Waals surface area (Å²) >= 11 is 7.80. The van der Waals surface area contributed by atoms with Crippen molar-refractivity contribution < 1.29 is 5.11 Å². The van der Waals surface area contributed by atoms with Gasteiger partial charge in [0.25, 0.3) is 0 Å². The summed E-state index contributed by atoms with van der Waals surface area (Å²) in [6.45, 7) is 6.05. The van der Waals surface area contributed by atoms with Crippen LogP contribution in [0.2, 0.25) is 5.02 Å². The summed E-state index contributed by atoms with van der Waals surface area (Å²) < 4.78 is 0. The Labute approximate surface area is 111 Å². The van der Waals surface area contributed by atoms with Crippen LogP contribution in [-0.2, 0) is 0 Å². The van der Waals surface area contributed by atoms with Crippen LogP contribution in [0.1, 0.15) is 32.5 Å². The highest BCUT2D eigenvalue weighted by Crippen LogP contribution is 2.35. The molecule has 0 saturated heterocycles. The molecule has 1 aromatic carbocycles. The van der Waals surface area contributed by atoms with Gasteiger partial charge in [0.05, 0.1) is 0 Å². The summed E-state index contributed by atoms with van der Waals surface area (Å²) in [6, 6.07) is 7.85. The molecule has 0 saturated carbocycles. The Morgan fingerprint density at radius 2 is 1.88 bits per heavy atom. The fourth-order valence-corrected chi connectivity index (χ4v) is 3.31. The van der Waals surface area contributed by atoms with Crippen molar-refractivity contribution >= 4 is 22.9 Å². The molecular weight excluding hydrogens is 252 g/mol. The van der Waals surface area contributed by atoms with E-state index in [4.69, 9.17) is 11.6 Å². The van der Waals surface area contributed by atoms with Crippen molar-refractivity contribution in [1.29, 1.82) is 0 Å². The summed E-state index contributed by atoms with van der Waals surface area (Å²) in [6.07, 6.45) is -0.623. The largest absolute Gasteiger partial charge is 0.383 e. The van der Waals surface area contributed by atoms with E-state index < -0.39 is 6.10 Å². The van der Waals surface area contributed by atoms with E-state index in [-0.39, 0.29) is 0 Å². The summed E-state index contributed by atoms with van der Waals surface area (Å²) in [7, 11) is 0. The maximum atomic E-state index is 10.4. The van der Waals surface area contributed by atoms with Crippen LogP contribution in [0.25, 0.3) is 0 Å². The van der Waals surface area contributed by atoms with Crippen molar-refractivity contribution in [2.75, 3.05) is 0 Å². The predicted octanol–water partition coefficient (Wildman–Crippen LogP) is 4.41. The SMILES string of the molecule is Cc1ccc(C(O)c2sc(C)cc2C)c(Cl)c1. The third-order valence-electron chi connectivity index (χ3n) is 2.78. The molecule has 0 spiro atoms. The maximum Gasteiger partial charge on any atom is 0.115 e. The molecule has 1 atom stereocenters. The second kappa shape index (κ2) is 4.81. The highest BCUT2D eigenvalue weighted by Gasteiger charge is 2.18. The minimum absolute atomic E-state index is 0.623. The van der Waals surface area contributed by atoms with Gasteiger partial charge in [0, 0.05) is 20.3 Å². The predicted molar refractivity (Wildman–Crippen MR) is 74.0 cm³/mol. The van der Waals surface area contributed by atoms with Crippen LogP contribution >= 0.6 is 22.9 Å². The van der Waals surface area contributed by atoms with E-state index in [9.17, 15) is 5.11 Å². The average Bonchev–Trinajstić information content (AvgIpc) is 2.57. The Bertz CT molecular complexity index is 545. The number of thiophene rings is 1. The van der Waals surface area contributed by atoms with Crippen LogP contribution in [0.3, 0.4) is 0 Å². The van der Waals surface area contributed by atoms with E-state index in [2.05, 4.69) is 6.07 Å². The average molecular weight is 267 g/mol. The lowest BCUT2D eigenvalue weighted by atomic mass is 10.0. The number of aliphatic hydroxyl groups is 1. The van der Waals surface area contributed by atoms with Gasteiger partial charge in [0.2, 0.25) is 0 Å². The second-order valence-corrected chi connectivity index (χ2v) is 6.03. The zero-order chi connectivity index (χ0) is 12.6. The van der Waals surface area contributed by atoms with Gasteiger partial charge in [-0.3, -0.25) is 0 Å². The van der Waals surface area contributed by atoms with Crippen LogP contribution < -0.4 is 0 Å². The summed E-state index contributed by atoms with van der Waals surface area (Å²) in [4.78, 5) is 2.19. The third kappa shape index (κ3) is 2.54. The highest BCUT2D eigenvalue weighted by molar-refractivity contribution is 7.12. The Morgan fingerprint density at radius 1 is 1.18 bits per heavy atom. The number of aliphatic hydroxyl groups excluding tert-OH is 1. The molecule has 0 fully saturated rings. The van der Waals surface area contributed by atoms with E-state index in [0.717, 1.165) is 21.6 Å². The molecule has 1 unspecified atom stereocenters. The number of hydrogen-bond donors (Lipinski definition) is 1. The first kappa shape index (κ1) is 12.6. The van der Waals surface area contributed by atoms with Gasteiger partial charge >= 0.3 is 0 Å². The number of rotatable bonds is 2. The van der Waals surface area contributed by atoms with Gasteiger partial charge in [0.1, 0.15) is 6.10 Å². The van der Waals surface area contributed by atoms with Crippen molar-refractivity contribution in [2.24, 2.45) is 0 Å². The summed E-state index contributed by atoms with van der Waals surface area (Å²) in [5.74, 6) is 0. The Kier molecular flexibility index (Phi) is 3.57. The molecule has 1 N–H and O–H groups in total. The molecule has 0 aliphatic heterocycles. The lowest BCUT2D eigenvalue weighted by Gasteiger charge is -2.12. The molecule has 0 radical (unpaired) electrons. The van der Waals surface area contributed by atoms with E-state index in [1.165, 1.54) is 4.88 Å². The van der Waals surface area contributed by atoms with Crippen molar-refractivity contribution in [2.45, 2.75) is 26.9 Å². The molecule has 1 aromatic heterocycles. The van der Waals surface area contributed by atoms with Gasteiger partial charge in [-0.1, -0.05) is 23.7 Å².